The van der Waals surface area contributed by atoms with Gasteiger partial charge in [-0.3, -0.25) is 0 Å². The Kier molecular flexibility index (Phi) is 4.89. The molecule has 0 spiro atoms. The van der Waals surface area contributed by atoms with Crippen LogP contribution in [0.3, 0.4) is 0 Å². The standard InChI is InChI=1S/C23H27N3O4/c1-13-6-8-24-23-15(13)7-9-26(23)17-10-20(22(28)21(17)27)30-19-5-3-4-18-16(19)11-25-14(2)12-29-18/h3-9,14,17,20-22,25,27-28H,10-12H2,1-2H3/t14-,17+,20-,21-,22+/m0/s1. The van der Waals surface area contributed by atoms with E-state index in [-0.39, 0.29) is 12.1 Å². The molecule has 30 heavy (non-hydrogen) atoms. The Morgan fingerprint density at radius 1 is 1.20 bits per heavy atom. The molecule has 158 valence electrons. The van der Waals surface area contributed by atoms with Gasteiger partial charge in [0.2, 0.25) is 0 Å². The molecule has 7 heteroatoms. The van der Waals surface area contributed by atoms with Crippen molar-refractivity contribution in [3.8, 4) is 11.5 Å². The van der Waals surface area contributed by atoms with E-state index in [0.29, 0.717) is 25.3 Å². The van der Waals surface area contributed by atoms with Crippen LogP contribution >= 0.6 is 0 Å². The predicted octanol–water partition coefficient (Wildman–Crippen LogP) is 2.33. The number of hydrogen-bond donors (Lipinski definition) is 3. The van der Waals surface area contributed by atoms with Gasteiger partial charge in [0.05, 0.1) is 6.04 Å². The van der Waals surface area contributed by atoms with Crippen LogP contribution in [0.1, 0.15) is 30.5 Å². The van der Waals surface area contributed by atoms with E-state index >= 15 is 0 Å². The fraction of sp³-hybridized carbons (Fsp3) is 0.435. The second kappa shape index (κ2) is 7.58. The maximum Gasteiger partial charge on any atom is 0.140 e. The first-order valence-corrected chi connectivity index (χ1v) is 10.5. The maximum absolute atomic E-state index is 10.8. The van der Waals surface area contributed by atoms with Gasteiger partial charge in [0.1, 0.15) is 42.1 Å². The van der Waals surface area contributed by atoms with Crippen LogP contribution < -0.4 is 14.8 Å². The summed E-state index contributed by atoms with van der Waals surface area (Å²) in [6, 6.07) is 9.63. The Morgan fingerprint density at radius 2 is 2.07 bits per heavy atom. The van der Waals surface area contributed by atoms with Gasteiger partial charge in [0, 0.05) is 42.4 Å². The van der Waals surface area contributed by atoms with Crippen LogP contribution in [0.5, 0.6) is 11.5 Å². The summed E-state index contributed by atoms with van der Waals surface area (Å²) in [5.41, 5.74) is 2.89. The van der Waals surface area contributed by atoms with Crippen LogP contribution in [0.2, 0.25) is 0 Å². The molecule has 5 atom stereocenters. The molecule has 0 bridgehead atoms. The van der Waals surface area contributed by atoms with Crippen molar-refractivity contribution in [3.63, 3.8) is 0 Å². The van der Waals surface area contributed by atoms with Crippen molar-refractivity contribution in [2.75, 3.05) is 6.61 Å². The van der Waals surface area contributed by atoms with E-state index in [4.69, 9.17) is 9.47 Å². The van der Waals surface area contributed by atoms with E-state index in [1.165, 1.54) is 0 Å². The summed E-state index contributed by atoms with van der Waals surface area (Å²) in [6.07, 6.45) is 1.72. The third-order valence-corrected chi connectivity index (χ3v) is 6.27. The number of rotatable bonds is 3. The molecule has 1 aliphatic carbocycles. The largest absolute Gasteiger partial charge is 0.491 e. The molecule has 2 aromatic heterocycles. The molecule has 7 nitrogen and oxygen atoms in total. The molecule has 2 aliphatic rings. The van der Waals surface area contributed by atoms with Gasteiger partial charge in [-0.1, -0.05) is 6.07 Å². The summed E-state index contributed by atoms with van der Waals surface area (Å²) in [4.78, 5) is 4.49. The summed E-state index contributed by atoms with van der Waals surface area (Å²) in [7, 11) is 0. The highest BCUT2D eigenvalue weighted by Gasteiger charge is 2.44. The third-order valence-electron chi connectivity index (χ3n) is 6.27. The van der Waals surface area contributed by atoms with E-state index in [0.717, 1.165) is 27.9 Å². The highest BCUT2D eigenvalue weighted by atomic mass is 16.5. The highest BCUT2D eigenvalue weighted by Crippen LogP contribution is 2.38. The monoisotopic (exact) mass is 409 g/mol. The Hall–Kier alpha value is -2.61. The topological polar surface area (TPSA) is 88.8 Å². The van der Waals surface area contributed by atoms with Gasteiger partial charge < -0.3 is 29.6 Å². The number of nitrogens with zero attached hydrogens (tertiary/aromatic N) is 2. The van der Waals surface area contributed by atoms with E-state index < -0.39 is 18.3 Å². The van der Waals surface area contributed by atoms with Crippen molar-refractivity contribution in [1.82, 2.24) is 14.9 Å². The van der Waals surface area contributed by atoms with E-state index in [1.807, 2.05) is 48.0 Å². The van der Waals surface area contributed by atoms with Crippen LogP contribution in [0.25, 0.3) is 11.0 Å². The molecule has 0 amide bonds. The number of nitrogens with one attached hydrogen (secondary N) is 1. The number of aliphatic hydroxyl groups excluding tert-OH is 2. The number of aromatic nitrogens is 2. The molecule has 5 rings (SSSR count). The molecule has 3 N–H and O–H groups in total. The summed E-state index contributed by atoms with van der Waals surface area (Å²) in [5, 5.41) is 26.0. The zero-order valence-electron chi connectivity index (χ0n) is 17.2. The van der Waals surface area contributed by atoms with Gasteiger partial charge in [-0.25, -0.2) is 4.98 Å². The molecule has 0 radical (unpaired) electrons. The molecule has 1 aliphatic heterocycles. The average Bonchev–Trinajstić information content (AvgIpc) is 3.21. The molecule has 3 aromatic rings. The molecular formula is C23H27N3O4. The fourth-order valence-corrected chi connectivity index (χ4v) is 4.50. The zero-order chi connectivity index (χ0) is 20.8. The van der Waals surface area contributed by atoms with Gasteiger partial charge in [-0.05, 0) is 43.7 Å². The summed E-state index contributed by atoms with van der Waals surface area (Å²) in [5.74, 6) is 1.47. The van der Waals surface area contributed by atoms with Crippen molar-refractivity contribution in [2.24, 2.45) is 0 Å². The average molecular weight is 409 g/mol. The first-order valence-electron chi connectivity index (χ1n) is 10.5. The minimum absolute atomic E-state index is 0.242. The van der Waals surface area contributed by atoms with Crippen molar-refractivity contribution in [2.45, 2.75) is 57.2 Å². The number of aryl methyl sites for hydroxylation is 1. The normalized spacial score (nSPS) is 28.7. The van der Waals surface area contributed by atoms with Gasteiger partial charge >= 0.3 is 0 Å². The number of aliphatic hydroxyl groups is 2. The summed E-state index contributed by atoms with van der Waals surface area (Å²) >= 11 is 0. The van der Waals surface area contributed by atoms with Crippen molar-refractivity contribution in [1.29, 1.82) is 0 Å². The predicted molar refractivity (Wildman–Crippen MR) is 113 cm³/mol. The number of hydrogen-bond acceptors (Lipinski definition) is 6. The van der Waals surface area contributed by atoms with Crippen molar-refractivity contribution in [3.05, 3.63) is 53.9 Å². The van der Waals surface area contributed by atoms with Gasteiger partial charge in [-0.2, -0.15) is 0 Å². The quantitative estimate of drug-likeness (QED) is 0.615. The maximum atomic E-state index is 10.8. The Balaban J connectivity index is 1.42. The lowest BCUT2D eigenvalue weighted by Gasteiger charge is -2.21. The number of fused-ring (bicyclic) bond motifs is 2. The first-order chi connectivity index (χ1) is 14.5. The van der Waals surface area contributed by atoms with Crippen LogP contribution in [0, 0.1) is 6.92 Å². The number of benzene rings is 1. The molecule has 1 aromatic carbocycles. The highest BCUT2D eigenvalue weighted by molar-refractivity contribution is 5.79. The fourth-order valence-electron chi connectivity index (χ4n) is 4.50. The lowest BCUT2D eigenvalue weighted by Crippen LogP contribution is -2.34. The SMILES string of the molecule is Cc1ccnc2c1ccn2[C@@H]1C[C@H](Oc2cccc3c2CN[C@@H](C)CO3)[C@@H](O)[C@H]1O. The van der Waals surface area contributed by atoms with Crippen LogP contribution in [0.4, 0.5) is 0 Å². The zero-order valence-corrected chi connectivity index (χ0v) is 17.2. The van der Waals surface area contributed by atoms with Crippen molar-refractivity contribution < 1.29 is 19.7 Å². The van der Waals surface area contributed by atoms with Gasteiger partial charge in [-0.15, -0.1) is 0 Å². The third kappa shape index (κ3) is 3.23. The Labute approximate surface area is 175 Å². The lowest BCUT2D eigenvalue weighted by molar-refractivity contribution is -0.0166. The Morgan fingerprint density at radius 3 is 2.93 bits per heavy atom. The second-order valence-electron chi connectivity index (χ2n) is 8.35. The van der Waals surface area contributed by atoms with E-state index in [2.05, 4.69) is 17.2 Å². The summed E-state index contributed by atoms with van der Waals surface area (Å²) < 4.78 is 14.1. The molecule has 1 fully saturated rings. The molecular weight excluding hydrogens is 382 g/mol. The smallest absolute Gasteiger partial charge is 0.140 e. The molecule has 1 saturated carbocycles. The van der Waals surface area contributed by atoms with Crippen LogP contribution in [0.15, 0.2) is 42.7 Å². The molecule has 0 saturated heterocycles. The first kappa shape index (κ1) is 19.4. The number of ether oxygens (including phenoxy) is 2. The van der Waals surface area contributed by atoms with E-state index in [9.17, 15) is 10.2 Å². The minimum Gasteiger partial charge on any atom is -0.491 e. The van der Waals surface area contributed by atoms with Crippen LogP contribution in [-0.2, 0) is 6.54 Å². The van der Waals surface area contributed by atoms with Crippen LogP contribution in [-0.4, -0.2) is 50.7 Å². The van der Waals surface area contributed by atoms with Gasteiger partial charge in [0.15, 0.2) is 0 Å². The van der Waals surface area contributed by atoms with Crippen molar-refractivity contribution >= 4 is 11.0 Å². The van der Waals surface area contributed by atoms with Gasteiger partial charge in [0.25, 0.3) is 0 Å². The minimum atomic E-state index is -0.994. The van der Waals surface area contributed by atoms with E-state index in [1.54, 1.807) is 6.20 Å². The summed E-state index contributed by atoms with van der Waals surface area (Å²) in [6.45, 7) is 5.34. The number of pyridine rings is 1. The second-order valence-corrected chi connectivity index (χ2v) is 8.35. The lowest BCUT2D eigenvalue weighted by atomic mass is 10.1. The Bertz CT molecular complexity index is 1070. The molecule has 0 unspecified atom stereocenters. The molecule has 3 heterocycles.